The number of hydrogen-bond donors (Lipinski definition) is 1. The lowest BCUT2D eigenvalue weighted by atomic mass is 10.0. The largest absolute Gasteiger partial charge is 0.366 e. The maximum Gasteiger partial charge on any atom is 0.141 e. The highest BCUT2D eigenvalue weighted by Gasteiger charge is 2.17. The molecule has 2 aromatic rings. The van der Waals surface area contributed by atoms with E-state index in [1.165, 1.54) is 17.2 Å². The first-order valence-corrected chi connectivity index (χ1v) is 7.26. The molecule has 0 aliphatic carbocycles. The van der Waals surface area contributed by atoms with Gasteiger partial charge in [0.05, 0.1) is 11.1 Å². The minimum absolute atomic E-state index is 0.0516. The lowest BCUT2D eigenvalue weighted by Crippen LogP contribution is -2.30. The van der Waals surface area contributed by atoms with Gasteiger partial charge in [-0.1, -0.05) is 23.7 Å². The number of likely N-dealkylation sites (N-methyl/N-ethyl adjacent to an activating group) is 1. The van der Waals surface area contributed by atoms with Crippen LogP contribution >= 0.6 is 11.6 Å². The first-order valence-electron chi connectivity index (χ1n) is 6.88. The monoisotopic (exact) mass is 306 g/mol. The number of anilines is 1. The molecule has 0 saturated heterocycles. The van der Waals surface area contributed by atoms with Gasteiger partial charge >= 0.3 is 0 Å². The summed E-state index contributed by atoms with van der Waals surface area (Å²) < 4.78 is 13.3. The van der Waals surface area contributed by atoms with Crippen molar-refractivity contribution >= 4 is 17.3 Å². The van der Waals surface area contributed by atoms with Crippen LogP contribution in [0.3, 0.4) is 0 Å². The molecule has 0 aromatic heterocycles. The van der Waals surface area contributed by atoms with Gasteiger partial charge in [-0.3, -0.25) is 0 Å². The summed E-state index contributed by atoms with van der Waals surface area (Å²) >= 11 is 5.88. The minimum atomic E-state index is -0.412. The summed E-state index contributed by atoms with van der Waals surface area (Å²) in [7, 11) is 1.99. The summed E-state index contributed by atoms with van der Waals surface area (Å²) in [5.74, 6) is -0.412. The molecular formula is C17H20ClFN2. The molecule has 2 nitrogen and oxygen atoms in total. The molecule has 2 aromatic carbocycles. The molecule has 1 unspecified atom stereocenters. The first-order chi connectivity index (χ1) is 9.92. The molecule has 0 radical (unpaired) electrons. The van der Waals surface area contributed by atoms with Crippen molar-refractivity contribution < 1.29 is 4.39 Å². The van der Waals surface area contributed by atoms with Gasteiger partial charge in [-0.05, 0) is 54.8 Å². The highest BCUT2D eigenvalue weighted by molar-refractivity contribution is 6.30. The summed E-state index contributed by atoms with van der Waals surface area (Å²) in [6.07, 6.45) is 0. The van der Waals surface area contributed by atoms with Crippen molar-refractivity contribution in [3.05, 3.63) is 63.9 Å². The number of halogens is 2. The number of aryl methyl sites for hydroxylation is 2. The SMILES string of the molecule is Cc1cc(C)cc(N(C)C(CN)c2ccc(F)c(Cl)c2)c1. The summed E-state index contributed by atoms with van der Waals surface area (Å²) in [6.45, 7) is 4.55. The van der Waals surface area contributed by atoms with Gasteiger partial charge in [0.15, 0.2) is 0 Å². The van der Waals surface area contributed by atoms with E-state index in [0.29, 0.717) is 6.54 Å². The van der Waals surface area contributed by atoms with Crippen LogP contribution in [0.1, 0.15) is 22.7 Å². The third kappa shape index (κ3) is 3.55. The van der Waals surface area contributed by atoms with Crippen LogP contribution in [0.4, 0.5) is 10.1 Å². The van der Waals surface area contributed by atoms with Crippen molar-refractivity contribution in [2.24, 2.45) is 5.73 Å². The van der Waals surface area contributed by atoms with Gasteiger partial charge in [0, 0.05) is 19.3 Å². The zero-order valence-corrected chi connectivity index (χ0v) is 13.3. The Morgan fingerprint density at radius 2 is 1.76 bits per heavy atom. The van der Waals surface area contributed by atoms with Crippen LogP contribution in [0.2, 0.25) is 5.02 Å². The molecule has 0 aliphatic rings. The standard InChI is InChI=1S/C17H20ClFN2/c1-11-6-12(2)8-14(7-11)21(3)17(10-20)13-4-5-16(19)15(18)9-13/h4-9,17H,10,20H2,1-3H3. The van der Waals surface area contributed by atoms with Gasteiger partial charge in [0.1, 0.15) is 5.82 Å². The van der Waals surface area contributed by atoms with Crippen LogP contribution in [0, 0.1) is 19.7 Å². The Balaban J connectivity index is 2.37. The molecule has 0 fully saturated rings. The van der Waals surface area contributed by atoms with Gasteiger partial charge in [0.25, 0.3) is 0 Å². The highest BCUT2D eigenvalue weighted by Crippen LogP contribution is 2.28. The molecule has 2 rings (SSSR count). The number of hydrogen-bond acceptors (Lipinski definition) is 2. The first kappa shape index (κ1) is 15.8. The van der Waals surface area contributed by atoms with E-state index in [9.17, 15) is 4.39 Å². The van der Waals surface area contributed by atoms with Crippen LogP contribution in [0.5, 0.6) is 0 Å². The lowest BCUT2D eigenvalue weighted by Gasteiger charge is -2.30. The Bertz CT molecular complexity index is 622. The Morgan fingerprint density at radius 3 is 2.29 bits per heavy atom. The van der Waals surface area contributed by atoms with E-state index in [2.05, 4.69) is 36.9 Å². The molecule has 0 spiro atoms. The fourth-order valence-corrected chi connectivity index (χ4v) is 2.76. The van der Waals surface area contributed by atoms with Crippen molar-refractivity contribution in [2.45, 2.75) is 19.9 Å². The highest BCUT2D eigenvalue weighted by atomic mass is 35.5. The van der Waals surface area contributed by atoms with E-state index in [1.807, 2.05) is 7.05 Å². The molecule has 21 heavy (non-hydrogen) atoms. The van der Waals surface area contributed by atoms with Crippen LogP contribution < -0.4 is 10.6 Å². The van der Waals surface area contributed by atoms with Crippen molar-refractivity contribution in [3.8, 4) is 0 Å². The third-order valence-corrected chi connectivity index (χ3v) is 3.92. The summed E-state index contributed by atoms with van der Waals surface area (Å²) in [5.41, 5.74) is 10.3. The van der Waals surface area contributed by atoms with E-state index in [1.54, 1.807) is 12.1 Å². The molecule has 2 N–H and O–H groups in total. The lowest BCUT2D eigenvalue weighted by molar-refractivity contribution is 0.623. The molecular weight excluding hydrogens is 287 g/mol. The summed E-state index contributed by atoms with van der Waals surface area (Å²) in [5, 5.41) is 0.125. The smallest absolute Gasteiger partial charge is 0.141 e. The van der Waals surface area contributed by atoms with Crippen molar-refractivity contribution in [1.29, 1.82) is 0 Å². The van der Waals surface area contributed by atoms with Crippen molar-refractivity contribution in [2.75, 3.05) is 18.5 Å². The van der Waals surface area contributed by atoms with Crippen molar-refractivity contribution in [1.82, 2.24) is 0 Å². The number of nitrogens with two attached hydrogens (primary N) is 1. The Kier molecular flexibility index (Phi) is 4.86. The molecule has 1 atom stereocenters. The van der Waals surface area contributed by atoms with E-state index < -0.39 is 5.82 Å². The Morgan fingerprint density at radius 1 is 1.14 bits per heavy atom. The average molecular weight is 307 g/mol. The van der Waals surface area contributed by atoms with E-state index in [-0.39, 0.29) is 11.1 Å². The van der Waals surface area contributed by atoms with E-state index >= 15 is 0 Å². The van der Waals surface area contributed by atoms with Crippen LogP contribution in [0.15, 0.2) is 36.4 Å². The summed E-state index contributed by atoms with van der Waals surface area (Å²) in [6, 6.07) is 11.1. The molecule has 112 valence electrons. The second kappa shape index (κ2) is 6.46. The van der Waals surface area contributed by atoms with Crippen molar-refractivity contribution in [3.63, 3.8) is 0 Å². The van der Waals surface area contributed by atoms with Crippen LogP contribution in [-0.2, 0) is 0 Å². The number of benzene rings is 2. The number of rotatable bonds is 4. The molecule has 0 amide bonds. The fourth-order valence-electron chi connectivity index (χ4n) is 2.57. The quantitative estimate of drug-likeness (QED) is 0.916. The predicted molar refractivity (Wildman–Crippen MR) is 87.5 cm³/mol. The molecule has 0 heterocycles. The second-order valence-electron chi connectivity index (χ2n) is 5.38. The van der Waals surface area contributed by atoms with E-state index in [4.69, 9.17) is 17.3 Å². The fraction of sp³-hybridized carbons (Fsp3) is 0.294. The average Bonchev–Trinajstić information content (AvgIpc) is 2.42. The molecule has 4 heteroatoms. The van der Waals surface area contributed by atoms with Gasteiger partial charge in [-0.25, -0.2) is 4.39 Å². The van der Waals surface area contributed by atoms with Gasteiger partial charge < -0.3 is 10.6 Å². The molecule has 0 bridgehead atoms. The Hall–Kier alpha value is -1.58. The predicted octanol–water partition coefficient (Wildman–Crippen LogP) is 4.23. The Labute approximate surface area is 130 Å². The zero-order valence-electron chi connectivity index (χ0n) is 12.5. The zero-order chi connectivity index (χ0) is 15.6. The van der Waals surface area contributed by atoms with Gasteiger partial charge in [-0.2, -0.15) is 0 Å². The topological polar surface area (TPSA) is 29.3 Å². The van der Waals surface area contributed by atoms with Crippen LogP contribution in [0.25, 0.3) is 0 Å². The van der Waals surface area contributed by atoms with E-state index in [0.717, 1.165) is 11.3 Å². The normalized spacial score (nSPS) is 12.3. The maximum atomic E-state index is 13.3. The minimum Gasteiger partial charge on any atom is -0.366 e. The molecule has 0 aliphatic heterocycles. The second-order valence-corrected chi connectivity index (χ2v) is 5.79. The molecule has 0 saturated carbocycles. The number of nitrogens with zero attached hydrogens (tertiary/aromatic N) is 1. The van der Waals surface area contributed by atoms with Gasteiger partial charge in [0.2, 0.25) is 0 Å². The maximum absolute atomic E-state index is 13.3. The van der Waals surface area contributed by atoms with Crippen LogP contribution in [-0.4, -0.2) is 13.6 Å². The van der Waals surface area contributed by atoms with Gasteiger partial charge in [-0.15, -0.1) is 0 Å². The third-order valence-electron chi connectivity index (χ3n) is 3.63. The summed E-state index contributed by atoms with van der Waals surface area (Å²) in [4.78, 5) is 2.10.